The van der Waals surface area contributed by atoms with E-state index in [-0.39, 0.29) is 5.78 Å². The molecule has 2 aromatic heterocycles. The summed E-state index contributed by atoms with van der Waals surface area (Å²) in [5.41, 5.74) is 2.15. The molecule has 0 aliphatic carbocycles. The molecular weight excluding hydrogens is 372 g/mol. The van der Waals surface area contributed by atoms with Gasteiger partial charge in [-0.2, -0.15) is 0 Å². The number of aromatic amines is 1. The summed E-state index contributed by atoms with van der Waals surface area (Å²) in [5.74, 6) is -0.0434. The Kier molecular flexibility index (Phi) is 3.24. The Morgan fingerprint density at radius 3 is 2.74 bits per heavy atom. The number of hydrogen-bond donors (Lipinski definition) is 1. The molecule has 94 valence electrons. The monoisotopic (exact) mass is 378 g/mol. The highest BCUT2D eigenvalue weighted by Crippen LogP contribution is 2.25. The largest absolute Gasteiger partial charge is 0.360 e. The number of nitrogens with zero attached hydrogens (tertiary/aromatic N) is 1. The molecule has 5 heteroatoms. The van der Waals surface area contributed by atoms with Gasteiger partial charge in [-0.25, -0.2) is 0 Å². The molecule has 0 atom stereocenters. The van der Waals surface area contributed by atoms with Crippen molar-refractivity contribution in [2.45, 2.75) is 0 Å². The average Bonchev–Trinajstić information content (AvgIpc) is 2.80. The molecule has 2 heterocycles. The van der Waals surface area contributed by atoms with Crippen LogP contribution in [0.25, 0.3) is 10.9 Å². The van der Waals surface area contributed by atoms with E-state index in [0.717, 1.165) is 19.8 Å². The highest BCUT2D eigenvalue weighted by atomic mass is 79.9. The van der Waals surface area contributed by atoms with Gasteiger partial charge in [-0.3, -0.25) is 9.78 Å². The molecule has 0 bridgehead atoms. The first-order chi connectivity index (χ1) is 9.15. The number of rotatable bonds is 2. The standard InChI is InChI=1S/C14H8Br2N2O/c15-9-1-2-13-11(4-9)12(7-18-13)14(19)8-3-10(16)6-17-5-8/h1-7,18H. The van der Waals surface area contributed by atoms with Gasteiger partial charge in [-0.05, 0) is 40.2 Å². The van der Waals surface area contributed by atoms with Gasteiger partial charge < -0.3 is 4.98 Å². The van der Waals surface area contributed by atoms with E-state index >= 15 is 0 Å². The molecule has 0 fully saturated rings. The van der Waals surface area contributed by atoms with Crippen LogP contribution in [0, 0.1) is 0 Å². The van der Waals surface area contributed by atoms with E-state index in [1.165, 1.54) is 0 Å². The Labute approximate surface area is 126 Å². The van der Waals surface area contributed by atoms with Crippen LogP contribution in [0.3, 0.4) is 0 Å². The van der Waals surface area contributed by atoms with Gasteiger partial charge >= 0.3 is 0 Å². The number of pyridine rings is 1. The first-order valence-electron chi connectivity index (χ1n) is 5.57. The lowest BCUT2D eigenvalue weighted by Crippen LogP contribution is -2.00. The number of benzene rings is 1. The lowest BCUT2D eigenvalue weighted by molar-refractivity contribution is 0.104. The molecule has 3 nitrogen and oxygen atoms in total. The fourth-order valence-electron chi connectivity index (χ4n) is 1.97. The van der Waals surface area contributed by atoms with Crippen LogP contribution in [0.2, 0.25) is 0 Å². The maximum absolute atomic E-state index is 12.5. The minimum atomic E-state index is -0.0434. The third kappa shape index (κ3) is 2.35. The summed E-state index contributed by atoms with van der Waals surface area (Å²) in [6.45, 7) is 0. The van der Waals surface area contributed by atoms with Crippen LogP contribution in [-0.2, 0) is 0 Å². The van der Waals surface area contributed by atoms with E-state index in [9.17, 15) is 4.79 Å². The summed E-state index contributed by atoms with van der Waals surface area (Å²) in [4.78, 5) is 19.6. The van der Waals surface area contributed by atoms with E-state index in [0.29, 0.717) is 11.1 Å². The topological polar surface area (TPSA) is 45.8 Å². The number of hydrogen-bond acceptors (Lipinski definition) is 2. The number of nitrogens with one attached hydrogen (secondary N) is 1. The van der Waals surface area contributed by atoms with Crippen LogP contribution < -0.4 is 0 Å². The van der Waals surface area contributed by atoms with Gasteiger partial charge in [0.05, 0.1) is 0 Å². The van der Waals surface area contributed by atoms with Gasteiger partial charge in [-0.15, -0.1) is 0 Å². The van der Waals surface area contributed by atoms with Crippen molar-refractivity contribution in [3.8, 4) is 0 Å². The maximum Gasteiger partial charge on any atom is 0.196 e. The second kappa shape index (κ2) is 4.90. The molecule has 19 heavy (non-hydrogen) atoms. The second-order valence-electron chi connectivity index (χ2n) is 4.11. The number of halogens is 2. The molecule has 1 N–H and O–H groups in total. The molecule has 0 unspecified atom stereocenters. The summed E-state index contributed by atoms with van der Waals surface area (Å²) >= 11 is 6.75. The Balaban J connectivity index is 2.14. The van der Waals surface area contributed by atoms with Crippen LogP contribution in [0.4, 0.5) is 0 Å². The first kappa shape index (κ1) is 12.6. The zero-order valence-corrected chi connectivity index (χ0v) is 12.8. The van der Waals surface area contributed by atoms with Crippen molar-refractivity contribution >= 4 is 48.5 Å². The molecule has 0 aliphatic rings. The van der Waals surface area contributed by atoms with E-state index in [4.69, 9.17) is 0 Å². The van der Waals surface area contributed by atoms with Crippen LogP contribution in [0.5, 0.6) is 0 Å². The van der Waals surface area contributed by atoms with Gasteiger partial charge in [0.1, 0.15) is 0 Å². The zero-order chi connectivity index (χ0) is 13.4. The SMILES string of the molecule is O=C(c1cncc(Br)c1)c1c[nH]c2ccc(Br)cc12. The van der Waals surface area contributed by atoms with Crippen molar-refractivity contribution in [1.29, 1.82) is 0 Å². The number of aromatic nitrogens is 2. The lowest BCUT2D eigenvalue weighted by atomic mass is 10.0. The minimum Gasteiger partial charge on any atom is -0.360 e. The van der Waals surface area contributed by atoms with E-state index < -0.39 is 0 Å². The van der Waals surface area contributed by atoms with Gasteiger partial charge in [0.25, 0.3) is 0 Å². The number of fused-ring (bicyclic) bond motifs is 1. The second-order valence-corrected chi connectivity index (χ2v) is 5.94. The fourth-order valence-corrected chi connectivity index (χ4v) is 2.70. The number of carbonyl (C=O) groups excluding carboxylic acids is 1. The van der Waals surface area contributed by atoms with Crippen molar-refractivity contribution in [1.82, 2.24) is 9.97 Å². The maximum atomic E-state index is 12.5. The number of carbonyl (C=O) groups is 1. The molecule has 3 rings (SSSR count). The van der Waals surface area contributed by atoms with E-state index in [1.807, 2.05) is 18.2 Å². The smallest absolute Gasteiger partial charge is 0.196 e. The van der Waals surface area contributed by atoms with Gasteiger partial charge in [-0.1, -0.05) is 15.9 Å². The average molecular weight is 380 g/mol. The molecule has 0 amide bonds. The van der Waals surface area contributed by atoms with Crippen LogP contribution in [0.15, 0.2) is 51.8 Å². The highest BCUT2D eigenvalue weighted by Gasteiger charge is 2.14. The van der Waals surface area contributed by atoms with E-state index in [1.54, 1.807) is 24.7 Å². The normalized spacial score (nSPS) is 10.8. The molecule has 3 aromatic rings. The molecule has 0 radical (unpaired) electrons. The highest BCUT2D eigenvalue weighted by molar-refractivity contribution is 9.10. The number of ketones is 1. The summed E-state index contributed by atoms with van der Waals surface area (Å²) in [7, 11) is 0. The van der Waals surface area contributed by atoms with E-state index in [2.05, 4.69) is 41.8 Å². The fraction of sp³-hybridized carbons (Fsp3) is 0. The minimum absolute atomic E-state index is 0.0434. The molecular formula is C14H8Br2N2O. The predicted molar refractivity (Wildman–Crippen MR) is 81.4 cm³/mol. The van der Waals surface area contributed by atoms with Crippen molar-refractivity contribution in [3.63, 3.8) is 0 Å². The predicted octanol–water partition coefficient (Wildman–Crippen LogP) is 4.32. The quantitative estimate of drug-likeness (QED) is 0.674. The Hall–Kier alpha value is -1.46. The van der Waals surface area contributed by atoms with Crippen LogP contribution >= 0.6 is 31.9 Å². The summed E-state index contributed by atoms with van der Waals surface area (Å²) < 4.78 is 1.74. The van der Waals surface area contributed by atoms with Crippen molar-refractivity contribution in [3.05, 3.63) is 62.9 Å². The number of H-pyrrole nitrogens is 1. The van der Waals surface area contributed by atoms with Gasteiger partial charge in [0.2, 0.25) is 0 Å². The third-order valence-electron chi connectivity index (χ3n) is 2.86. The van der Waals surface area contributed by atoms with Crippen molar-refractivity contribution in [2.75, 3.05) is 0 Å². The van der Waals surface area contributed by atoms with Crippen molar-refractivity contribution in [2.24, 2.45) is 0 Å². The zero-order valence-electron chi connectivity index (χ0n) is 9.65. The van der Waals surface area contributed by atoms with Crippen LogP contribution in [-0.4, -0.2) is 15.8 Å². The Morgan fingerprint density at radius 2 is 1.95 bits per heavy atom. The molecule has 0 spiro atoms. The Bertz CT molecular complexity index is 780. The summed E-state index contributed by atoms with van der Waals surface area (Å²) in [5, 5.41) is 0.902. The molecule has 0 saturated heterocycles. The van der Waals surface area contributed by atoms with Gasteiger partial charge in [0, 0.05) is 49.6 Å². The molecule has 1 aromatic carbocycles. The lowest BCUT2D eigenvalue weighted by Gasteiger charge is -2.00. The van der Waals surface area contributed by atoms with Gasteiger partial charge in [0.15, 0.2) is 5.78 Å². The van der Waals surface area contributed by atoms with Crippen LogP contribution in [0.1, 0.15) is 15.9 Å². The summed E-state index contributed by atoms with van der Waals surface area (Å²) in [6, 6.07) is 7.58. The molecule has 0 aliphatic heterocycles. The summed E-state index contributed by atoms with van der Waals surface area (Å²) in [6.07, 6.45) is 4.97. The Morgan fingerprint density at radius 1 is 1.11 bits per heavy atom. The van der Waals surface area contributed by atoms with Crippen molar-refractivity contribution < 1.29 is 4.79 Å². The first-order valence-corrected chi connectivity index (χ1v) is 7.15. The third-order valence-corrected chi connectivity index (χ3v) is 3.78. The molecule has 0 saturated carbocycles.